The van der Waals surface area contributed by atoms with E-state index >= 15 is 0 Å². The first-order valence-corrected chi connectivity index (χ1v) is 7.05. The van der Waals surface area contributed by atoms with Gasteiger partial charge in [-0.2, -0.15) is 0 Å². The number of thiophene rings is 1. The Morgan fingerprint density at radius 3 is 3.18 bits per heavy atom. The van der Waals surface area contributed by atoms with E-state index in [-0.39, 0.29) is 0 Å². The van der Waals surface area contributed by atoms with Crippen molar-refractivity contribution in [2.45, 2.75) is 25.7 Å². The second-order valence-corrected chi connectivity index (χ2v) is 5.90. The summed E-state index contributed by atoms with van der Waals surface area (Å²) >= 11 is 1.87. The maximum absolute atomic E-state index is 5.82. The molecule has 0 bridgehead atoms. The predicted molar refractivity (Wildman–Crippen MR) is 71.0 cm³/mol. The van der Waals surface area contributed by atoms with Crippen molar-refractivity contribution in [3.8, 4) is 16.2 Å². The fraction of sp³-hybridized carbons (Fsp3) is 0.333. The smallest absolute Gasteiger partial charge is 0.123 e. The molecule has 0 saturated heterocycles. The van der Waals surface area contributed by atoms with Crippen LogP contribution in [0.15, 0.2) is 23.6 Å². The molecule has 17 heavy (non-hydrogen) atoms. The molecule has 0 radical (unpaired) electrons. The van der Waals surface area contributed by atoms with Crippen molar-refractivity contribution < 1.29 is 4.74 Å². The van der Waals surface area contributed by atoms with Gasteiger partial charge in [-0.1, -0.05) is 6.07 Å². The van der Waals surface area contributed by atoms with Gasteiger partial charge in [-0.3, -0.25) is 0 Å². The summed E-state index contributed by atoms with van der Waals surface area (Å²) < 4.78 is 5.82. The molecule has 0 N–H and O–H groups in total. The maximum Gasteiger partial charge on any atom is 0.123 e. The lowest BCUT2D eigenvalue weighted by Crippen LogP contribution is -2.20. The summed E-state index contributed by atoms with van der Waals surface area (Å²) in [7, 11) is 0. The second kappa shape index (κ2) is 3.36. The van der Waals surface area contributed by atoms with Gasteiger partial charge >= 0.3 is 0 Å². The van der Waals surface area contributed by atoms with E-state index in [0.29, 0.717) is 5.92 Å². The standard InChI is InChI=1S/C15H14OS/c1-9-2-3-12-14-10(4-6-16-12)8-11-5-7-17-15(11)13(9)14/h2-3,5,7,10H,4,6,8H2,1H3. The molecule has 4 rings (SSSR count). The summed E-state index contributed by atoms with van der Waals surface area (Å²) in [6, 6.07) is 6.65. The Bertz CT molecular complexity index is 597. The van der Waals surface area contributed by atoms with Crippen molar-refractivity contribution in [2.24, 2.45) is 0 Å². The summed E-state index contributed by atoms with van der Waals surface area (Å²) in [6.07, 6.45) is 2.37. The monoisotopic (exact) mass is 242 g/mol. The van der Waals surface area contributed by atoms with Crippen molar-refractivity contribution in [3.63, 3.8) is 0 Å². The summed E-state index contributed by atoms with van der Waals surface area (Å²) in [5.74, 6) is 1.80. The Hall–Kier alpha value is -1.28. The molecule has 0 spiro atoms. The van der Waals surface area contributed by atoms with Crippen LogP contribution in [-0.4, -0.2) is 6.61 Å². The lowest BCUT2D eigenvalue weighted by molar-refractivity contribution is 0.266. The fourth-order valence-corrected chi connectivity index (χ4v) is 4.24. The molecule has 0 fully saturated rings. The number of hydrogen-bond donors (Lipinski definition) is 0. The summed E-state index contributed by atoms with van der Waals surface area (Å²) in [5, 5.41) is 2.22. The molecular weight excluding hydrogens is 228 g/mol. The van der Waals surface area contributed by atoms with Gasteiger partial charge in [0.05, 0.1) is 6.61 Å². The third kappa shape index (κ3) is 1.25. The normalized spacial score (nSPS) is 20.4. The van der Waals surface area contributed by atoms with Crippen molar-refractivity contribution in [1.29, 1.82) is 0 Å². The number of hydrogen-bond acceptors (Lipinski definition) is 2. The van der Waals surface area contributed by atoms with Crippen LogP contribution < -0.4 is 4.74 Å². The Balaban J connectivity index is 2.09. The van der Waals surface area contributed by atoms with E-state index in [1.165, 1.54) is 40.0 Å². The third-order valence-electron chi connectivity index (χ3n) is 3.99. The highest BCUT2D eigenvalue weighted by atomic mass is 32.1. The number of benzene rings is 1. The SMILES string of the molecule is Cc1ccc2c3c1-c1sccc1CC3CCO2. The molecule has 2 aromatic rings. The molecule has 2 heterocycles. The van der Waals surface area contributed by atoms with Gasteiger partial charge in [0.1, 0.15) is 5.75 Å². The Kier molecular flexibility index (Phi) is 1.92. The molecule has 0 amide bonds. The molecule has 1 unspecified atom stereocenters. The Labute approximate surface area is 105 Å². The second-order valence-electron chi connectivity index (χ2n) is 4.98. The summed E-state index contributed by atoms with van der Waals surface area (Å²) in [6.45, 7) is 3.09. The van der Waals surface area contributed by atoms with Crippen molar-refractivity contribution in [3.05, 3.63) is 40.3 Å². The van der Waals surface area contributed by atoms with Gasteiger partial charge in [0.25, 0.3) is 0 Å². The maximum atomic E-state index is 5.82. The van der Waals surface area contributed by atoms with Crippen molar-refractivity contribution in [1.82, 2.24) is 0 Å². The van der Waals surface area contributed by atoms with E-state index in [1.807, 2.05) is 11.3 Å². The molecule has 1 atom stereocenters. The van der Waals surface area contributed by atoms with Gasteiger partial charge in [-0.15, -0.1) is 11.3 Å². The molecule has 1 aromatic heterocycles. The molecule has 1 aromatic carbocycles. The number of aryl methyl sites for hydroxylation is 1. The first kappa shape index (κ1) is 9.72. The highest BCUT2D eigenvalue weighted by Gasteiger charge is 2.32. The van der Waals surface area contributed by atoms with Crippen LogP contribution in [0.2, 0.25) is 0 Å². The van der Waals surface area contributed by atoms with Crippen LogP contribution in [0.5, 0.6) is 5.75 Å². The van der Waals surface area contributed by atoms with Crippen LogP contribution >= 0.6 is 11.3 Å². The van der Waals surface area contributed by atoms with Gasteiger partial charge in [-0.25, -0.2) is 0 Å². The van der Waals surface area contributed by atoms with Gasteiger partial charge in [0.15, 0.2) is 0 Å². The predicted octanol–water partition coefficient (Wildman–Crippen LogP) is 4.15. The van der Waals surface area contributed by atoms with Gasteiger partial charge in [0, 0.05) is 16.0 Å². The van der Waals surface area contributed by atoms with Crippen LogP contribution in [0, 0.1) is 6.92 Å². The van der Waals surface area contributed by atoms with Gasteiger partial charge < -0.3 is 4.74 Å². The Morgan fingerprint density at radius 2 is 2.24 bits per heavy atom. The van der Waals surface area contributed by atoms with Crippen LogP contribution in [0.25, 0.3) is 10.4 Å². The molecule has 0 saturated carbocycles. The number of rotatable bonds is 0. The van der Waals surface area contributed by atoms with Gasteiger partial charge in [-0.05, 0) is 54.3 Å². The van der Waals surface area contributed by atoms with Crippen molar-refractivity contribution in [2.75, 3.05) is 6.61 Å². The highest BCUT2D eigenvalue weighted by Crippen LogP contribution is 2.50. The van der Waals surface area contributed by atoms with Crippen molar-refractivity contribution >= 4 is 11.3 Å². The van der Waals surface area contributed by atoms with E-state index in [9.17, 15) is 0 Å². The zero-order valence-electron chi connectivity index (χ0n) is 9.82. The average molecular weight is 242 g/mol. The minimum atomic E-state index is 0.677. The van der Waals surface area contributed by atoms with E-state index in [4.69, 9.17) is 4.74 Å². The lowest BCUT2D eigenvalue weighted by atomic mass is 9.78. The van der Waals surface area contributed by atoms with E-state index in [0.717, 1.165) is 12.4 Å². The van der Waals surface area contributed by atoms with Crippen LogP contribution in [-0.2, 0) is 6.42 Å². The summed E-state index contributed by atoms with van der Waals surface area (Å²) in [5.41, 5.74) is 5.87. The largest absolute Gasteiger partial charge is 0.493 e. The lowest BCUT2D eigenvalue weighted by Gasteiger charge is -2.32. The van der Waals surface area contributed by atoms with Crippen LogP contribution in [0.3, 0.4) is 0 Å². The average Bonchev–Trinajstić information content (AvgIpc) is 2.80. The van der Waals surface area contributed by atoms with Crippen LogP contribution in [0.1, 0.15) is 29.0 Å². The minimum Gasteiger partial charge on any atom is -0.493 e. The molecule has 1 aliphatic carbocycles. The first-order chi connectivity index (χ1) is 8.34. The highest BCUT2D eigenvalue weighted by molar-refractivity contribution is 7.13. The molecular formula is C15H14OS. The molecule has 2 aliphatic rings. The van der Waals surface area contributed by atoms with Crippen LogP contribution in [0.4, 0.5) is 0 Å². The van der Waals surface area contributed by atoms with E-state index < -0.39 is 0 Å². The van der Waals surface area contributed by atoms with E-state index in [2.05, 4.69) is 30.5 Å². The number of fused-ring (bicyclic) bond motifs is 2. The zero-order chi connectivity index (χ0) is 11.4. The summed E-state index contributed by atoms with van der Waals surface area (Å²) in [4.78, 5) is 1.47. The zero-order valence-corrected chi connectivity index (χ0v) is 10.6. The molecule has 2 heteroatoms. The molecule has 86 valence electrons. The minimum absolute atomic E-state index is 0.677. The quantitative estimate of drug-likeness (QED) is 0.674. The molecule has 1 aliphatic heterocycles. The molecule has 1 nitrogen and oxygen atoms in total. The fourth-order valence-electron chi connectivity index (χ4n) is 3.18. The number of ether oxygens (including phenoxy) is 1. The first-order valence-electron chi connectivity index (χ1n) is 6.17. The van der Waals surface area contributed by atoms with E-state index in [1.54, 1.807) is 0 Å². The Morgan fingerprint density at radius 1 is 1.29 bits per heavy atom. The van der Waals surface area contributed by atoms with Gasteiger partial charge in [0.2, 0.25) is 0 Å². The third-order valence-corrected chi connectivity index (χ3v) is 4.96. The topological polar surface area (TPSA) is 9.23 Å².